The van der Waals surface area contributed by atoms with Crippen LogP contribution in [0.25, 0.3) is 5.76 Å². The first-order chi connectivity index (χ1) is 10.9. The fraction of sp³-hybridized carbons (Fsp3) is 0.125. The van der Waals surface area contributed by atoms with Crippen molar-refractivity contribution in [2.24, 2.45) is 0 Å². The lowest BCUT2D eigenvalue weighted by Gasteiger charge is -2.08. The fourth-order valence-corrected chi connectivity index (χ4v) is 2.00. The molecule has 1 aliphatic heterocycles. The Labute approximate surface area is 133 Å². The molecular formula is C16H17O6P. The highest BCUT2D eigenvalue weighted by molar-refractivity contribution is 7.45. The molecule has 0 aliphatic carbocycles. The first-order valence-corrected chi connectivity index (χ1v) is 8.42. The molecule has 0 saturated carbocycles. The summed E-state index contributed by atoms with van der Waals surface area (Å²) in [5, 5.41) is 0. The predicted molar refractivity (Wildman–Crippen MR) is 85.3 cm³/mol. The second-order valence-electron chi connectivity index (χ2n) is 4.65. The number of rotatable bonds is 3. The highest BCUT2D eigenvalue weighted by Crippen LogP contribution is 2.30. The van der Waals surface area contributed by atoms with E-state index in [-0.39, 0.29) is 0 Å². The van der Waals surface area contributed by atoms with Gasteiger partial charge in [0.15, 0.2) is 5.76 Å². The Kier molecular flexibility index (Phi) is 5.96. The summed E-state index contributed by atoms with van der Waals surface area (Å²) in [5.41, 5.74) is 1.07. The molecule has 0 radical (unpaired) electrons. The second-order valence-corrected chi connectivity index (χ2v) is 5.67. The van der Waals surface area contributed by atoms with Crippen molar-refractivity contribution in [3.05, 3.63) is 72.0 Å². The summed E-state index contributed by atoms with van der Waals surface area (Å²) < 4.78 is 20.5. The summed E-state index contributed by atoms with van der Waals surface area (Å²) >= 11 is 0. The maximum atomic E-state index is 8.88. The molecule has 0 unspecified atom stereocenters. The normalized spacial score (nSPS) is 13.9. The third kappa shape index (κ3) is 6.26. The van der Waals surface area contributed by atoms with Crippen LogP contribution in [0.2, 0.25) is 0 Å². The van der Waals surface area contributed by atoms with Gasteiger partial charge in [0.2, 0.25) is 0 Å². The number of para-hydroxylation sites is 1. The van der Waals surface area contributed by atoms with Gasteiger partial charge in [-0.05, 0) is 12.1 Å². The maximum absolute atomic E-state index is 8.88. The molecule has 2 aromatic rings. The van der Waals surface area contributed by atoms with Gasteiger partial charge in [-0.25, -0.2) is 4.57 Å². The van der Waals surface area contributed by atoms with Crippen LogP contribution in [-0.4, -0.2) is 21.3 Å². The Morgan fingerprint density at radius 2 is 1.43 bits per heavy atom. The zero-order valence-electron chi connectivity index (χ0n) is 12.2. The van der Waals surface area contributed by atoms with Crippen molar-refractivity contribution in [1.82, 2.24) is 0 Å². The van der Waals surface area contributed by atoms with E-state index in [4.69, 9.17) is 28.7 Å². The molecule has 7 heteroatoms. The van der Waals surface area contributed by atoms with Crippen molar-refractivity contribution in [1.29, 1.82) is 0 Å². The summed E-state index contributed by atoms with van der Waals surface area (Å²) in [6.45, 7) is 0.687. The Morgan fingerprint density at radius 1 is 0.913 bits per heavy atom. The molecule has 0 saturated heterocycles. The lowest BCUT2D eigenvalue weighted by atomic mass is 10.1. The van der Waals surface area contributed by atoms with E-state index in [0.29, 0.717) is 6.61 Å². The summed E-state index contributed by atoms with van der Waals surface area (Å²) in [6, 6.07) is 19.9. The van der Waals surface area contributed by atoms with Gasteiger partial charge in [0.25, 0.3) is 0 Å². The number of hydrogen-bond acceptors (Lipinski definition) is 3. The van der Waals surface area contributed by atoms with E-state index < -0.39 is 7.82 Å². The predicted octanol–water partition coefficient (Wildman–Crippen LogP) is 2.93. The van der Waals surface area contributed by atoms with Crippen molar-refractivity contribution in [2.75, 3.05) is 6.61 Å². The minimum atomic E-state index is -4.64. The number of hydrogen-bond donors (Lipinski definition) is 3. The van der Waals surface area contributed by atoms with E-state index in [1.807, 2.05) is 60.7 Å². The molecule has 0 atom stereocenters. The van der Waals surface area contributed by atoms with Gasteiger partial charge < -0.3 is 24.2 Å². The average molecular weight is 336 g/mol. The molecule has 0 amide bonds. The minimum Gasteiger partial charge on any atom is -0.489 e. The van der Waals surface area contributed by atoms with Crippen LogP contribution in [0.4, 0.5) is 0 Å². The van der Waals surface area contributed by atoms with Crippen LogP contribution in [-0.2, 0) is 9.30 Å². The largest absolute Gasteiger partial charge is 0.489 e. The zero-order chi connectivity index (χ0) is 16.7. The van der Waals surface area contributed by atoms with Gasteiger partial charge in [0, 0.05) is 12.0 Å². The van der Waals surface area contributed by atoms with E-state index >= 15 is 0 Å². The highest BCUT2D eigenvalue weighted by atomic mass is 31.2. The Morgan fingerprint density at radius 3 is 2.00 bits per heavy atom. The van der Waals surface area contributed by atoms with Crippen molar-refractivity contribution >= 4 is 13.6 Å². The average Bonchev–Trinajstić information content (AvgIpc) is 2.96. The Balaban J connectivity index is 0.000000338. The smallest absolute Gasteiger partial charge is 0.466 e. The molecule has 3 rings (SSSR count). The summed E-state index contributed by atoms with van der Waals surface area (Å²) in [7, 11) is -4.64. The van der Waals surface area contributed by atoms with Gasteiger partial charge in [-0.2, -0.15) is 0 Å². The summed E-state index contributed by atoms with van der Waals surface area (Å²) in [4.78, 5) is 21.6. The summed E-state index contributed by atoms with van der Waals surface area (Å²) in [6.07, 6.45) is 0.819. The molecule has 0 aromatic heterocycles. The molecule has 0 bridgehead atoms. The fourth-order valence-electron chi connectivity index (χ4n) is 2.00. The van der Waals surface area contributed by atoms with E-state index in [1.54, 1.807) is 0 Å². The van der Waals surface area contributed by atoms with Crippen molar-refractivity contribution in [3.8, 4) is 5.75 Å². The van der Waals surface area contributed by atoms with Crippen molar-refractivity contribution in [2.45, 2.75) is 6.42 Å². The second kappa shape index (κ2) is 7.94. The standard InChI is InChI=1S/C16H14O2.H3O4P/c1-3-7-13(8-4-1)16-15(11-12-17-16)18-14-9-5-2-6-10-14;1-5(2,3)4/h1-10H,11-12H2;(H3,1,2,3,4). The number of benzene rings is 2. The number of phosphoric acid groups is 1. The number of ether oxygens (including phenoxy) is 2. The van der Waals surface area contributed by atoms with Gasteiger partial charge in [-0.15, -0.1) is 0 Å². The van der Waals surface area contributed by atoms with Crippen LogP contribution in [0.3, 0.4) is 0 Å². The van der Waals surface area contributed by atoms with Gasteiger partial charge in [0.05, 0.1) is 6.61 Å². The van der Waals surface area contributed by atoms with E-state index in [2.05, 4.69) is 0 Å². The Hall–Kier alpha value is -2.11. The van der Waals surface area contributed by atoms with Crippen LogP contribution in [0.5, 0.6) is 5.75 Å². The molecule has 3 N–H and O–H groups in total. The molecule has 23 heavy (non-hydrogen) atoms. The minimum absolute atomic E-state index is 0.687. The molecule has 1 aliphatic rings. The molecule has 6 nitrogen and oxygen atoms in total. The maximum Gasteiger partial charge on any atom is 0.466 e. The van der Waals surface area contributed by atoms with Crippen molar-refractivity contribution in [3.63, 3.8) is 0 Å². The molecule has 0 fully saturated rings. The van der Waals surface area contributed by atoms with Gasteiger partial charge in [-0.1, -0.05) is 48.5 Å². The quantitative estimate of drug-likeness (QED) is 0.746. The lowest BCUT2D eigenvalue weighted by molar-refractivity contribution is 0.275. The molecule has 0 spiro atoms. The first-order valence-electron chi connectivity index (χ1n) is 6.86. The van der Waals surface area contributed by atoms with Crippen LogP contribution < -0.4 is 4.74 Å². The van der Waals surface area contributed by atoms with Crippen LogP contribution in [0.15, 0.2) is 66.4 Å². The first kappa shape index (κ1) is 17.2. The molecule has 1 heterocycles. The molecule has 2 aromatic carbocycles. The van der Waals surface area contributed by atoms with Crippen LogP contribution in [0, 0.1) is 0 Å². The monoisotopic (exact) mass is 336 g/mol. The highest BCUT2D eigenvalue weighted by Gasteiger charge is 2.19. The van der Waals surface area contributed by atoms with E-state index in [1.165, 1.54) is 0 Å². The van der Waals surface area contributed by atoms with Gasteiger partial charge in [0.1, 0.15) is 11.5 Å². The zero-order valence-corrected chi connectivity index (χ0v) is 13.1. The molecular weight excluding hydrogens is 319 g/mol. The Bertz CT molecular complexity index is 685. The third-order valence-electron chi connectivity index (χ3n) is 2.85. The van der Waals surface area contributed by atoms with E-state index in [0.717, 1.165) is 29.3 Å². The van der Waals surface area contributed by atoms with Crippen LogP contribution in [0.1, 0.15) is 12.0 Å². The summed E-state index contributed by atoms with van der Waals surface area (Å²) in [5.74, 6) is 2.62. The topological polar surface area (TPSA) is 96.2 Å². The third-order valence-corrected chi connectivity index (χ3v) is 2.85. The van der Waals surface area contributed by atoms with E-state index in [9.17, 15) is 0 Å². The van der Waals surface area contributed by atoms with Gasteiger partial charge in [-0.3, -0.25) is 0 Å². The van der Waals surface area contributed by atoms with Crippen molar-refractivity contribution < 1.29 is 28.7 Å². The lowest BCUT2D eigenvalue weighted by Crippen LogP contribution is -1.95. The SMILES string of the molecule is O=P(O)(O)O.c1ccc(OC2=C(c3ccccc3)OCC2)cc1. The van der Waals surface area contributed by atoms with Crippen LogP contribution >= 0.6 is 7.82 Å². The van der Waals surface area contributed by atoms with Gasteiger partial charge >= 0.3 is 7.82 Å². The molecule has 122 valence electrons.